The zero-order chi connectivity index (χ0) is 15.3. The lowest BCUT2D eigenvalue weighted by atomic mass is 10.3. The van der Waals surface area contributed by atoms with E-state index >= 15 is 0 Å². The van der Waals surface area contributed by atoms with E-state index in [0.29, 0.717) is 17.3 Å². The van der Waals surface area contributed by atoms with Gasteiger partial charge in [-0.2, -0.15) is 0 Å². The van der Waals surface area contributed by atoms with Gasteiger partial charge in [-0.3, -0.25) is 10.1 Å². The van der Waals surface area contributed by atoms with Crippen LogP contribution in [0.25, 0.3) is 0 Å². The minimum Gasteiger partial charge on any atom is -0.453 e. The molecular formula is C14H18N4O3. The Morgan fingerprint density at radius 2 is 1.86 bits per heavy atom. The third-order valence-corrected chi connectivity index (χ3v) is 3.04. The molecule has 0 unspecified atom stereocenters. The second-order valence-corrected chi connectivity index (χ2v) is 4.61. The second kappa shape index (κ2) is 6.34. The molecule has 21 heavy (non-hydrogen) atoms. The van der Waals surface area contributed by atoms with E-state index in [1.807, 2.05) is 6.92 Å². The number of amides is 2. The van der Waals surface area contributed by atoms with Crippen LogP contribution in [0.1, 0.15) is 19.8 Å². The number of nitrogens with one attached hydrogen (secondary N) is 2. The van der Waals surface area contributed by atoms with Crippen molar-refractivity contribution in [3.05, 3.63) is 35.0 Å². The summed E-state index contributed by atoms with van der Waals surface area (Å²) in [7, 11) is 1.22. The molecule has 0 atom stereocenters. The standard InChI is InChI=1S/C14H18N4O3/c1-3-4-9-15-12(19)14(18-13(20)21-2)16-10-7-5-6-8-11(10)17-14/h5-8H,3-4,9H2,1-2H3,(H,15,19)(H,18,20). The summed E-state index contributed by atoms with van der Waals surface area (Å²) in [5.74, 6) is -2.16. The Morgan fingerprint density at radius 3 is 2.38 bits per heavy atom. The van der Waals surface area contributed by atoms with Gasteiger partial charge in [0.25, 0.3) is 5.91 Å². The predicted molar refractivity (Wildman–Crippen MR) is 74.9 cm³/mol. The number of nitrogens with zero attached hydrogens (tertiary/aromatic N) is 2. The molecule has 1 aliphatic heterocycles. The topological polar surface area (TPSA) is 92.2 Å². The fourth-order valence-electron chi connectivity index (χ4n) is 1.94. The molecule has 7 heteroatoms. The molecule has 0 aliphatic carbocycles. The molecule has 2 N–H and O–H groups in total. The van der Waals surface area contributed by atoms with Crippen molar-refractivity contribution in [1.82, 2.24) is 10.6 Å². The summed E-state index contributed by atoms with van der Waals surface area (Å²) < 4.78 is 4.56. The first kappa shape index (κ1) is 15.0. The number of para-hydroxylation sites is 2. The molecule has 1 heterocycles. The van der Waals surface area contributed by atoms with E-state index < -0.39 is 17.8 Å². The van der Waals surface area contributed by atoms with Crippen LogP contribution in [0.5, 0.6) is 0 Å². The Balaban J connectivity index is 2.31. The smallest absolute Gasteiger partial charge is 0.410 e. The number of hydrogen-bond donors (Lipinski definition) is 2. The highest BCUT2D eigenvalue weighted by Gasteiger charge is 2.41. The number of carbonyl (C=O) groups excluding carboxylic acids is 2. The van der Waals surface area contributed by atoms with Gasteiger partial charge >= 0.3 is 11.9 Å². The van der Waals surface area contributed by atoms with Crippen LogP contribution < -0.4 is 21.3 Å². The molecule has 0 radical (unpaired) electrons. The maximum absolute atomic E-state index is 12.4. The Labute approximate surface area is 122 Å². The quantitative estimate of drug-likeness (QED) is 0.740. The largest absolute Gasteiger partial charge is 0.453 e. The number of hydrogen-bond acceptors (Lipinski definition) is 5. The van der Waals surface area contributed by atoms with Crippen LogP contribution in [0.2, 0.25) is 0 Å². The Bertz CT molecular complexity index is 621. The van der Waals surface area contributed by atoms with Crippen molar-refractivity contribution >= 4 is 12.0 Å². The van der Waals surface area contributed by atoms with Gasteiger partial charge in [0.05, 0.1) is 17.8 Å². The van der Waals surface area contributed by atoms with Crippen molar-refractivity contribution in [2.24, 2.45) is 9.98 Å². The van der Waals surface area contributed by atoms with Gasteiger partial charge in [-0.25, -0.2) is 14.8 Å². The van der Waals surface area contributed by atoms with Crippen molar-refractivity contribution in [3.63, 3.8) is 0 Å². The molecule has 0 saturated heterocycles. The van der Waals surface area contributed by atoms with Crippen molar-refractivity contribution in [2.75, 3.05) is 13.7 Å². The number of unbranched alkanes of at least 4 members (excludes halogenated alkanes) is 1. The third kappa shape index (κ3) is 3.18. The third-order valence-electron chi connectivity index (χ3n) is 3.04. The molecule has 7 nitrogen and oxygen atoms in total. The SMILES string of the molecule is CCCCNC(=O)C1(NC(=O)OC)N=c2ccccc2=N1. The van der Waals surface area contributed by atoms with Crippen molar-refractivity contribution < 1.29 is 14.3 Å². The lowest BCUT2D eigenvalue weighted by Gasteiger charge is -2.22. The molecule has 112 valence electrons. The molecule has 0 saturated carbocycles. The van der Waals surface area contributed by atoms with Gasteiger partial charge < -0.3 is 10.1 Å². The Hall–Kier alpha value is -2.44. The van der Waals surface area contributed by atoms with Gasteiger partial charge in [-0.15, -0.1) is 0 Å². The zero-order valence-corrected chi connectivity index (χ0v) is 12.0. The maximum Gasteiger partial charge on any atom is 0.410 e. The van der Waals surface area contributed by atoms with Crippen LogP contribution in [-0.4, -0.2) is 31.4 Å². The predicted octanol–water partition coefficient (Wildman–Crippen LogP) is -0.134. The molecule has 1 aromatic rings. The summed E-state index contributed by atoms with van der Waals surface area (Å²) in [5, 5.41) is 6.25. The molecule has 0 aromatic heterocycles. The number of methoxy groups -OCH3 is 1. The molecule has 1 aromatic carbocycles. The van der Waals surface area contributed by atoms with Crippen LogP contribution in [0.15, 0.2) is 34.3 Å². The van der Waals surface area contributed by atoms with E-state index in [2.05, 4.69) is 25.4 Å². The van der Waals surface area contributed by atoms with Crippen molar-refractivity contribution in [2.45, 2.75) is 25.6 Å². The van der Waals surface area contributed by atoms with E-state index in [0.717, 1.165) is 12.8 Å². The highest BCUT2D eigenvalue weighted by atomic mass is 16.5. The number of ether oxygens (including phenoxy) is 1. The Morgan fingerprint density at radius 1 is 1.24 bits per heavy atom. The highest BCUT2D eigenvalue weighted by Crippen LogP contribution is 2.11. The fourth-order valence-corrected chi connectivity index (χ4v) is 1.94. The molecule has 0 bridgehead atoms. The van der Waals surface area contributed by atoms with Crippen LogP contribution in [0, 0.1) is 0 Å². The summed E-state index contributed by atoms with van der Waals surface area (Å²) >= 11 is 0. The van der Waals surface area contributed by atoms with E-state index in [1.54, 1.807) is 24.3 Å². The van der Waals surface area contributed by atoms with Gasteiger partial charge in [0.1, 0.15) is 0 Å². The normalized spacial score (nSPS) is 14.4. The maximum atomic E-state index is 12.4. The average molecular weight is 290 g/mol. The molecule has 2 amide bonds. The summed E-state index contributed by atoms with van der Waals surface area (Å²) in [5.41, 5.74) is 0. The van der Waals surface area contributed by atoms with Crippen molar-refractivity contribution in [3.8, 4) is 0 Å². The summed E-state index contributed by atoms with van der Waals surface area (Å²) in [6.07, 6.45) is 1.03. The van der Waals surface area contributed by atoms with Crippen LogP contribution >= 0.6 is 0 Å². The van der Waals surface area contributed by atoms with Crippen molar-refractivity contribution in [1.29, 1.82) is 0 Å². The average Bonchev–Trinajstić information content (AvgIpc) is 2.86. The van der Waals surface area contributed by atoms with E-state index in [-0.39, 0.29) is 0 Å². The lowest BCUT2D eigenvalue weighted by Crippen LogP contribution is -2.56. The van der Waals surface area contributed by atoms with Gasteiger partial charge in [0.2, 0.25) is 0 Å². The molecule has 2 rings (SSSR count). The minimum absolute atomic E-state index is 0.474. The fraction of sp³-hybridized carbons (Fsp3) is 0.429. The molecule has 0 spiro atoms. The van der Waals surface area contributed by atoms with Gasteiger partial charge in [0.15, 0.2) is 0 Å². The van der Waals surface area contributed by atoms with Gasteiger partial charge in [-0.05, 0) is 18.6 Å². The second-order valence-electron chi connectivity index (χ2n) is 4.61. The first-order chi connectivity index (χ1) is 10.1. The van der Waals surface area contributed by atoms with Crippen LogP contribution in [0.3, 0.4) is 0 Å². The Kier molecular flexibility index (Phi) is 4.52. The number of fused-ring (bicyclic) bond motifs is 1. The van der Waals surface area contributed by atoms with E-state index in [1.165, 1.54) is 7.11 Å². The van der Waals surface area contributed by atoms with E-state index in [9.17, 15) is 9.59 Å². The highest BCUT2D eigenvalue weighted by molar-refractivity contribution is 5.89. The molecule has 0 fully saturated rings. The number of benzene rings is 1. The van der Waals surface area contributed by atoms with Crippen LogP contribution in [-0.2, 0) is 9.53 Å². The zero-order valence-electron chi connectivity index (χ0n) is 12.0. The number of rotatable bonds is 5. The monoisotopic (exact) mass is 290 g/mol. The summed E-state index contributed by atoms with van der Waals surface area (Å²) in [6.45, 7) is 2.52. The minimum atomic E-state index is -1.69. The first-order valence-electron chi connectivity index (χ1n) is 6.80. The lowest BCUT2D eigenvalue weighted by molar-refractivity contribution is -0.127. The first-order valence-corrected chi connectivity index (χ1v) is 6.80. The summed E-state index contributed by atoms with van der Waals surface area (Å²) in [6, 6.07) is 7.06. The molecule has 1 aliphatic rings. The number of alkyl carbamates (subject to hydrolysis) is 1. The van der Waals surface area contributed by atoms with E-state index in [4.69, 9.17) is 0 Å². The van der Waals surface area contributed by atoms with Gasteiger partial charge in [0, 0.05) is 6.54 Å². The molecular weight excluding hydrogens is 272 g/mol. The number of carbonyl (C=O) groups is 2. The van der Waals surface area contributed by atoms with Crippen LogP contribution in [0.4, 0.5) is 4.79 Å². The van der Waals surface area contributed by atoms with Gasteiger partial charge in [-0.1, -0.05) is 25.5 Å². The summed E-state index contributed by atoms with van der Waals surface area (Å²) in [4.78, 5) is 32.4.